The molecule has 21 heavy (non-hydrogen) atoms. The van der Waals surface area contributed by atoms with E-state index in [9.17, 15) is 18.5 Å². The number of hydrogen-bond acceptors (Lipinski definition) is 6. The molecule has 1 rings (SSSR count). The molecule has 0 aliphatic rings. The summed E-state index contributed by atoms with van der Waals surface area (Å²) in [5, 5.41) is 19.7. The summed E-state index contributed by atoms with van der Waals surface area (Å²) in [6.45, 7) is 2.90. The fourth-order valence-electron chi connectivity index (χ4n) is 1.72. The van der Waals surface area contributed by atoms with Gasteiger partial charge in [-0.3, -0.25) is 10.1 Å². The minimum absolute atomic E-state index is 0.0321. The quantitative estimate of drug-likeness (QED) is 0.447. The minimum Gasteiger partial charge on any atom is -0.490 e. The van der Waals surface area contributed by atoms with E-state index in [2.05, 4.69) is 0 Å². The number of nitrogens with zero attached hydrogens (tertiary/aromatic N) is 3. The number of ether oxygens (including phenoxy) is 1. The number of hydrogen-bond donors (Lipinski definition) is 0. The summed E-state index contributed by atoms with van der Waals surface area (Å²) in [5.74, 6) is -0.0321. The molecule has 0 atom stereocenters. The fourth-order valence-corrected chi connectivity index (χ4v) is 3.28. The first-order valence-electron chi connectivity index (χ1n) is 5.97. The van der Waals surface area contributed by atoms with Crippen molar-refractivity contribution in [3.05, 3.63) is 28.3 Å². The first kappa shape index (κ1) is 16.9. The van der Waals surface area contributed by atoms with Crippen molar-refractivity contribution in [3.63, 3.8) is 0 Å². The summed E-state index contributed by atoms with van der Waals surface area (Å²) in [4.78, 5) is 9.98. The second kappa shape index (κ2) is 6.51. The summed E-state index contributed by atoms with van der Waals surface area (Å²) in [7, 11) is -2.74. The lowest BCUT2D eigenvalue weighted by Crippen LogP contribution is -2.37. The molecule has 0 fully saturated rings. The molecule has 0 spiro atoms. The van der Waals surface area contributed by atoms with Gasteiger partial charge in [0.15, 0.2) is 5.75 Å². The number of sulfonamides is 1. The van der Waals surface area contributed by atoms with Gasteiger partial charge in [-0.25, -0.2) is 8.42 Å². The lowest BCUT2D eigenvalue weighted by molar-refractivity contribution is -0.386. The first-order chi connectivity index (χ1) is 9.75. The third-order valence-corrected chi connectivity index (χ3v) is 4.77. The minimum atomic E-state index is -3.99. The number of rotatable bonds is 6. The second-order valence-corrected chi connectivity index (χ2v) is 6.28. The SMILES string of the molecule is COc1ccc(S(=O)(=O)N(CC#N)C(C)C)cc1[N+](=O)[O-]. The van der Waals surface area contributed by atoms with Crippen LogP contribution >= 0.6 is 0 Å². The molecular weight excluding hydrogens is 298 g/mol. The van der Waals surface area contributed by atoms with Crippen molar-refractivity contribution in [1.29, 1.82) is 5.26 Å². The number of nitro groups is 1. The zero-order valence-electron chi connectivity index (χ0n) is 11.8. The maximum atomic E-state index is 12.4. The van der Waals surface area contributed by atoms with E-state index in [1.54, 1.807) is 19.9 Å². The Morgan fingerprint density at radius 1 is 1.48 bits per heavy atom. The van der Waals surface area contributed by atoms with E-state index in [1.165, 1.54) is 19.2 Å². The van der Waals surface area contributed by atoms with Crippen LogP contribution in [-0.4, -0.2) is 37.3 Å². The number of benzene rings is 1. The van der Waals surface area contributed by atoms with Crippen LogP contribution in [0.25, 0.3) is 0 Å². The van der Waals surface area contributed by atoms with Gasteiger partial charge in [-0.1, -0.05) is 0 Å². The van der Waals surface area contributed by atoms with Gasteiger partial charge in [0.2, 0.25) is 10.0 Å². The topological polar surface area (TPSA) is 114 Å². The maximum Gasteiger partial charge on any atom is 0.312 e. The highest BCUT2D eigenvalue weighted by Gasteiger charge is 2.29. The van der Waals surface area contributed by atoms with E-state index in [-0.39, 0.29) is 17.2 Å². The summed E-state index contributed by atoms with van der Waals surface area (Å²) >= 11 is 0. The second-order valence-electron chi connectivity index (χ2n) is 4.39. The average Bonchev–Trinajstić information content (AvgIpc) is 2.43. The lowest BCUT2D eigenvalue weighted by atomic mass is 10.3. The molecular formula is C12H15N3O5S. The number of methoxy groups -OCH3 is 1. The van der Waals surface area contributed by atoms with Crippen LogP contribution in [0.4, 0.5) is 5.69 Å². The monoisotopic (exact) mass is 313 g/mol. The van der Waals surface area contributed by atoms with Crippen LogP contribution in [0.15, 0.2) is 23.1 Å². The van der Waals surface area contributed by atoms with Gasteiger partial charge in [0, 0.05) is 12.1 Å². The molecule has 0 N–H and O–H groups in total. The van der Waals surface area contributed by atoms with E-state index in [1.807, 2.05) is 0 Å². The standard InChI is InChI=1S/C12H15N3O5S/c1-9(2)14(7-6-13)21(18,19)10-4-5-12(20-3)11(8-10)15(16)17/h4-5,8-9H,7H2,1-3H3. The first-order valence-corrected chi connectivity index (χ1v) is 7.41. The van der Waals surface area contributed by atoms with Crippen LogP contribution in [0.1, 0.15) is 13.8 Å². The van der Waals surface area contributed by atoms with Crippen LogP contribution in [0.5, 0.6) is 5.75 Å². The Hall–Kier alpha value is -2.18. The molecule has 0 aromatic heterocycles. The van der Waals surface area contributed by atoms with Crippen molar-refractivity contribution in [2.75, 3.05) is 13.7 Å². The van der Waals surface area contributed by atoms with Crippen LogP contribution in [0.2, 0.25) is 0 Å². The molecule has 9 heteroatoms. The van der Waals surface area contributed by atoms with E-state index in [0.29, 0.717) is 0 Å². The zero-order valence-corrected chi connectivity index (χ0v) is 12.6. The molecule has 114 valence electrons. The Morgan fingerprint density at radius 2 is 2.10 bits per heavy atom. The van der Waals surface area contributed by atoms with E-state index in [4.69, 9.17) is 10.00 Å². The van der Waals surface area contributed by atoms with Gasteiger partial charge >= 0.3 is 5.69 Å². The highest BCUT2D eigenvalue weighted by Crippen LogP contribution is 2.30. The van der Waals surface area contributed by atoms with Crippen molar-refractivity contribution < 1.29 is 18.1 Å². The van der Waals surface area contributed by atoms with Crippen LogP contribution < -0.4 is 4.74 Å². The van der Waals surface area contributed by atoms with Crippen molar-refractivity contribution >= 4 is 15.7 Å². The third-order valence-electron chi connectivity index (χ3n) is 2.76. The molecule has 8 nitrogen and oxygen atoms in total. The normalized spacial score (nSPS) is 11.4. The number of nitro benzene ring substituents is 1. The molecule has 1 aromatic carbocycles. The Morgan fingerprint density at radius 3 is 2.52 bits per heavy atom. The lowest BCUT2D eigenvalue weighted by Gasteiger charge is -2.23. The van der Waals surface area contributed by atoms with Crippen LogP contribution in [0.3, 0.4) is 0 Å². The molecule has 0 heterocycles. The average molecular weight is 313 g/mol. The van der Waals surface area contributed by atoms with Gasteiger partial charge in [0.1, 0.15) is 6.54 Å². The van der Waals surface area contributed by atoms with Crippen molar-refractivity contribution in [1.82, 2.24) is 4.31 Å². The van der Waals surface area contributed by atoms with Crippen molar-refractivity contribution in [2.24, 2.45) is 0 Å². The van der Waals surface area contributed by atoms with Gasteiger partial charge < -0.3 is 4.74 Å². The van der Waals surface area contributed by atoms with Gasteiger partial charge in [0.25, 0.3) is 0 Å². The summed E-state index contributed by atoms with van der Waals surface area (Å²) in [6.07, 6.45) is 0. The van der Waals surface area contributed by atoms with E-state index in [0.717, 1.165) is 10.4 Å². The largest absolute Gasteiger partial charge is 0.490 e. The van der Waals surface area contributed by atoms with Crippen LogP contribution in [0, 0.1) is 21.4 Å². The highest BCUT2D eigenvalue weighted by molar-refractivity contribution is 7.89. The molecule has 0 aliphatic carbocycles. The van der Waals surface area contributed by atoms with Crippen molar-refractivity contribution in [3.8, 4) is 11.8 Å². The Bertz CT molecular complexity index is 679. The molecule has 0 aliphatic heterocycles. The summed E-state index contributed by atoms with van der Waals surface area (Å²) in [5.41, 5.74) is -0.445. The summed E-state index contributed by atoms with van der Waals surface area (Å²) in [6, 6.07) is 4.69. The van der Waals surface area contributed by atoms with Gasteiger partial charge in [-0.15, -0.1) is 0 Å². The molecule has 1 aromatic rings. The van der Waals surface area contributed by atoms with Crippen LogP contribution in [-0.2, 0) is 10.0 Å². The molecule has 0 unspecified atom stereocenters. The third kappa shape index (κ3) is 3.48. The zero-order chi connectivity index (χ0) is 16.2. The summed E-state index contributed by atoms with van der Waals surface area (Å²) < 4.78 is 30.7. The molecule has 0 bridgehead atoms. The predicted octanol–water partition coefficient (Wildman–Crippen LogP) is 1.53. The molecule has 0 saturated carbocycles. The Kier molecular flexibility index (Phi) is 5.23. The van der Waals surface area contributed by atoms with Crippen molar-refractivity contribution in [2.45, 2.75) is 24.8 Å². The molecule has 0 saturated heterocycles. The Balaban J connectivity index is 3.42. The predicted molar refractivity (Wildman–Crippen MR) is 74.3 cm³/mol. The maximum absolute atomic E-state index is 12.4. The molecule has 0 amide bonds. The van der Waals surface area contributed by atoms with Gasteiger partial charge in [-0.2, -0.15) is 9.57 Å². The Labute approximate surface area is 122 Å². The number of nitriles is 1. The van der Waals surface area contributed by atoms with E-state index < -0.39 is 26.7 Å². The fraction of sp³-hybridized carbons (Fsp3) is 0.417. The smallest absolute Gasteiger partial charge is 0.312 e. The van der Waals surface area contributed by atoms with Gasteiger partial charge in [-0.05, 0) is 26.0 Å². The highest BCUT2D eigenvalue weighted by atomic mass is 32.2. The van der Waals surface area contributed by atoms with E-state index >= 15 is 0 Å². The van der Waals surface area contributed by atoms with Gasteiger partial charge in [0.05, 0.1) is 23.0 Å². The molecule has 0 radical (unpaired) electrons.